The minimum Gasteiger partial charge on any atom is -0.325 e. The summed E-state index contributed by atoms with van der Waals surface area (Å²) in [6.07, 6.45) is 5.41. The van der Waals surface area contributed by atoms with Crippen molar-refractivity contribution in [1.29, 1.82) is 0 Å². The lowest BCUT2D eigenvalue weighted by molar-refractivity contribution is -0.113. The third kappa shape index (κ3) is 4.89. The molecule has 0 saturated heterocycles. The Morgan fingerprint density at radius 3 is 2.62 bits per heavy atom. The molecule has 2 aromatic carbocycles. The summed E-state index contributed by atoms with van der Waals surface area (Å²) in [5.74, 6) is 0.211. The second-order valence-electron chi connectivity index (χ2n) is 6.48. The molecule has 2 aromatic heterocycles. The van der Waals surface area contributed by atoms with Crippen molar-refractivity contribution in [2.75, 3.05) is 11.1 Å². The Morgan fingerprint density at radius 1 is 1.07 bits per heavy atom. The molecule has 144 valence electrons. The molecule has 0 unspecified atom stereocenters. The monoisotopic (exact) mass is 401 g/mol. The Hall–Kier alpha value is -3.45. The van der Waals surface area contributed by atoms with E-state index in [1.807, 2.05) is 78.4 Å². The summed E-state index contributed by atoms with van der Waals surface area (Å²) in [6, 6.07) is 19.6. The molecule has 4 rings (SSSR count). The van der Waals surface area contributed by atoms with E-state index in [0.717, 1.165) is 28.2 Å². The molecule has 29 heavy (non-hydrogen) atoms. The Labute approximate surface area is 173 Å². The molecule has 0 bridgehead atoms. The van der Waals surface area contributed by atoms with Crippen LogP contribution in [0.25, 0.3) is 16.9 Å². The topological polar surface area (TPSA) is 72.7 Å². The average Bonchev–Trinajstić information content (AvgIpc) is 3.28. The minimum atomic E-state index is -0.0680. The minimum absolute atomic E-state index is 0.0680. The molecule has 2 heterocycles. The van der Waals surface area contributed by atoms with Crippen LogP contribution in [0.15, 0.2) is 84.4 Å². The molecule has 4 aromatic rings. The fourth-order valence-electron chi connectivity index (χ4n) is 2.83. The zero-order chi connectivity index (χ0) is 20.1. The number of benzene rings is 2. The van der Waals surface area contributed by atoms with Gasteiger partial charge in [0.1, 0.15) is 5.03 Å². The summed E-state index contributed by atoms with van der Waals surface area (Å²) >= 11 is 1.36. The van der Waals surface area contributed by atoms with E-state index >= 15 is 0 Å². The molecule has 0 saturated carbocycles. The molecule has 1 amide bonds. The maximum atomic E-state index is 12.1. The number of nitrogens with one attached hydrogen (secondary N) is 1. The lowest BCUT2D eigenvalue weighted by atomic mass is 10.1. The zero-order valence-electron chi connectivity index (χ0n) is 15.8. The third-order valence-electron chi connectivity index (χ3n) is 4.26. The highest BCUT2D eigenvalue weighted by Gasteiger charge is 2.07. The molecular formula is C22H19N5OS. The van der Waals surface area contributed by atoms with Crippen LogP contribution in [-0.2, 0) is 4.79 Å². The van der Waals surface area contributed by atoms with Gasteiger partial charge < -0.3 is 9.88 Å². The van der Waals surface area contributed by atoms with Crippen molar-refractivity contribution in [3.05, 3.63) is 84.9 Å². The van der Waals surface area contributed by atoms with Gasteiger partial charge in [0.05, 0.1) is 17.8 Å². The van der Waals surface area contributed by atoms with E-state index in [2.05, 4.69) is 20.5 Å². The van der Waals surface area contributed by atoms with E-state index < -0.39 is 0 Å². The van der Waals surface area contributed by atoms with Crippen LogP contribution in [-0.4, -0.2) is 31.4 Å². The quantitative estimate of drug-likeness (QED) is 0.486. The van der Waals surface area contributed by atoms with Crippen LogP contribution in [0.1, 0.15) is 5.56 Å². The van der Waals surface area contributed by atoms with Gasteiger partial charge in [-0.3, -0.25) is 4.79 Å². The summed E-state index contributed by atoms with van der Waals surface area (Å²) in [7, 11) is 0. The fraction of sp³-hybridized carbons (Fsp3) is 0.0909. The average molecular weight is 401 g/mol. The Balaban J connectivity index is 1.35. The molecule has 1 N–H and O–H groups in total. The summed E-state index contributed by atoms with van der Waals surface area (Å²) < 4.78 is 1.94. The maximum absolute atomic E-state index is 12.1. The first-order valence-electron chi connectivity index (χ1n) is 9.09. The maximum Gasteiger partial charge on any atom is 0.234 e. The van der Waals surface area contributed by atoms with Crippen molar-refractivity contribution in [1.82, 2.24) is 19.7 Å². The molecule has 0 radical (unpaired) electrons. The van der Waals surface area contributed by atoms with Gasteiger partial charge in [-0.05, 0) is 48.9 Å². The number of thioether (sulfide) groups is 1. The number of anilines is 1. The predicted molar refractivity (Wildman–Crippen MR) is 115 cm³/mol. The number of aryl methyl sites for hydroxylation is 1. The number of carbonyl (C=O) groups is 1. The number of hydrogen-bond acceptors (Lipinski definition) is 5. The second-order valence-corrected chi connectivity index (χ2v) is 7.48. The van der Waals surface area contributed by atoms with Gasteiger partial charge in [0.2, 0.25) is 5.91 Å². The van der Waals surface area contributed by atoms with E-state index in [4.69, 9.17) is 0 Å². The van der Waals surface area contributed by atoms with Gasteiger partial charge in [-0.1, -0.05) is 36.0 Å². The lowest BCUT2D eigenvalue weighted by Gasteiger charge is -2.06. The molecule has 0 aliphatic carbocycles. The highest BCUT2D eigenvalue weighted by Crippen LogP contribution is 2.21. The first-order chi connectivity index (χ1) is 14.2. The summed E-state index contributed by atoms with van der Waals surface area (Å²) in [5.41, 5.74) is 4.71. The van der Waals surface area contributed by atoms with Gasteiger partial charge in [0.15, 0.2) is 0 Å². The number of carbonyl (C=O) groups excluding carboxylic acids is 1. The highest BCUT2D eigenvalue weighted by atomic mass is 32.2. The first kappa shape index (κ1) is 18.9. The number of rotatable bonds is 6. The standard InChI is InChI=1S/C22H19N5OS/c1-16-3-2-4-18(13-16)24-21(28)14-29-22-10-9-20(25-26-22)17-5-7-19(8-6-17)27-12-11-23-15-27/h2-13,15H,14H2,1H3,(H,24,28). The van der Waals surface area contributed by atoms with Crippen LogP contribution >= 0.6 is 11.8 Å². The van der Waals surface area contributed by atoms with Crippen molar-refractivity contribution in [3.8, 4) is 16.9 Å². The molecule has 7 heteroatoms. The SMILES string of the molecule is Cc1cccc(NC(=O)CSc2ccc(-c3ccc(-n4ccnc4)cc3)nn2)c1. The molecule has 0 fully saturated rings. The van der Waals surface area contributed by atoms with E-state index in [1.165, 1.54) is 11.8 Å². The first-order valence-corrected chi connectivity index (χ1v) is 10.1. The van der Waals surface area contributed by atoms with E-state index in [0.29, 0.717) is 5.03 Å². The van der Waals surface area contributed by atoms with Crippen molar-refractivity contribution >= 4 is 23.4 Å². The Kier molecular flexibility index (Phi) is 5.67. The van der Waals surface area contributed by atoms with Crippen LogP contribution in [0.2, 0.25) is 0 Å². The van der Waals surface area contributed by atoms with Gasteiger partial charge in [-0.15, -0.1) is 10.2 Å². The van der Waals surface area contributed by atoms with Gasteiger partial charge in [0.25, 0.3) is 0 Å². The van der Waals surface area contributed by atoms with Gasteiger partial charge in [0, 0.05) is 29.3 Å². The summed E-state index contributed by atoms with van der Waals surface area (Å²) in [4.78, 5) is 16.2. The van der Waals surface area contributed by atoms with Gasteiger partial charge in [-0.2, -0.15) is 0 Å². The van der Waals surface area contributed by atoms with E-state index in [9.17, 15) is 4.79 Å². The molecule has 0 aliphatic heterocycles. The lowest BCUT2D eigenvalue weighted by Crippen LogP contribution is -2.14. The Bertz CT molecular complexity index is 1090. The predicted octanol–water partition coefficient (Wildman–Crippen LogP) is 4.37. The fourth-order valence-corrected chi connectivity index (χ4v) is 3.44. The van der Waals surface area contributed by atoms with Crippen molar-refractivity contribution in [2.45, 2.75) is 11.9 Å². The molecule has 6 nitrogen and oxygen atoms in total. The number of hydrogen-bond donors (Lipinski definition) is 1. The number of aromatic nitrogens is 4. The number of nitrogens with zero attached hydrogens (tertiary/aromatic N) is 4. The normalized spacial score (nSPS) is 10.7. The molecule has 0 aliphatic rings. The van der Waals surface area contributed by atoms with Crippen molar-refractivity contribution in [3.63, 3.8) is 0 Å². The molecular weight excluding hydrogens is 382 g/mol. The zero-order valence-corrected chi connectivity index (χ0v) is 16.6. The number of imidazole rings is 1. The van der Waals surface area contributed by atoms with E-state index in [-0.39, 0.29) is 11.7 Å². The Morgan fingerprint density at radius 2 is 1.93 bits per heavy atom. The van der Waals surface area contributed by atoms with Crippen LogP contribution in [0.5, 0.6) is 0 Å². The van der Waals surface area contributed by atoms with Crippen LogP contribution in [0, 0.1) is 6.92 Å². The van der Waals surface area contributed by atoms with Crippen molar-refractivity contribution in [2.24, 2.45) is 0 Å². The second kappa shape index (κ2) is 8.70. The largest absolute Gasteiger partial charge is 0.325 e. The molecule has 0 spiro atoms. The smallest absolute Gasteiger partial charge is 0.234 e. The third-order valence-corrected chi connectivity index (χ3v) is 5.18. The van der Waals surface area contributed by atoms with Crippen LogP contribution in [0.4, 0.5) is 5.69 Å². The van der Waals surface area contributed by atoms with Crippen LogP contribution in [0.3, 0.4) is 0 Å². The van der Waals surface area contributed by atoms with Crippen molar-refractivity contribution < 1.29 is 4.79 Å². The molecule has 0 atom stereocenters. The van der Waals surface area contributed by atoms with Gasteiger partial charge >= 0.3 is 0 Å². The van der Waals surface area contributed by atoms with E-state index in [1.54, 1.807) is 12.5 Å². The van der Waals surface area contributed by atoms with Crippen LogP contribution < -0.4 is 5.32 Å². The summed E-state index contributed by atoms with van der Waals surface area (Å²) in [5, 5.41) is 12.1. The highest BCUT2D eigenvalue weighted by molar-refractivity contribution is 7.99. The van der Waals surface area contributed by atoms with Gasteiger partial charge in [-0.25, -0.2) is 4.98 Å². The summed E-state index contributed by atoms with van der Waals surface area (Å²) in [6.45, 7) is 1.99. The number of amides is 1.